The third-order valence-corrected chi connectivity index (χ3v) is 3.37. The molecule has 0 bridgehead atoms. The summed E-state index contributed by atoms with van der Waals surface area (Å²) in [4.78, 5) is 0. The fourth-order valence-electron chi connectivity index (χ4n) is 2.29. The molecule has 3 nitrogen and oxygen atoms in total. The topological polar surface area (TPSA) is 33.3 Å². The summed E-state index contributed by atoms with van der Waals surface area (Å²) in [6.07, 6.45) is 0. The van der Waals surface area contributed by atoms with Crippen LogP contribution in [0.25, 0.3) is 0 Å². The average molecular weight is 250 g/mol. The summed E-state index contributed by atoms with van der Waals surface area (Å²) in [5, 5.41) is 6.59. The second-order valence-corrected chi connectivity index (χ2v) is 5.00. The van der Waals surface area contributed by atoms with E-state index < -0.39 is 0 Å². The van der Waals surface area contributed by atoms with Gasteiger partial charge in [-0.2, -0.15) is 0 Å². The molecule has 0 spiro atoms. The van der Waals surface area contributed by atoms with Crippen molar-refractivity contribution < 1.29 is 4.74 Å². The van der Waals surface area contributed by atoms with Crippen molar-refractivity contribution in [3.05, 3.63) is 28.8 Å². The van der Waals surface area contributed by atoms with Crippen molar-refractivity contribution >= 4 is 0 Å². The Kier molecular flexibility index (Phi) is 5.63. The minimum absolute atomic E-state index is 0.332. The smallest absolute Gasteiger partial charge is 0.122 e. The van der Waals surface area contributed by atoms with Gasteiger partial charge in [0.15, 0.2) is 0 Å². The lowest BCUT2D eigenvalue weighted by Crippen LogP contribution is -2.28. The Morgan fingerprint density at radius 1 is 1.17 bits per heavy atom. The third-order valence-electron chi connectivity index (χ3n) is 3.37. The van der Waals surface area contributed by atoms with E-state index in [-0.39, 0.29) is 0 Å². The minimum atomic E-state index is 0.332. The molecule has 0 saturated carbocycles. The molecule has 1 aromatic rings. The maximum Gasteiger partial charge on any atom is 0.122 e. The second kappa shape index (κ2) is 6.76. The third kappa shape index (κ3) is 3.24. The van der Waals surface area contributed by atoms with Gasteiger partial charge >= 0.3 is 0 Å². The molecule has 0 aromatic heterocycles. The van der Waals surface area contributed by atoms with Gasteiger partial charge in [0.1, 0.15) is 5.75 Å². The SMILES string of the molecule is CNCC(NC)c1cc(C(C)C)c(OC)cc1C. The molecule has 0 saturated heterocycles. The van der Waals surface area contributed by atoms with E-state index in [9.17, 15) is 0 Å². The summed E-state index contributed by atoms with van der Waals surface area (Å²) in [6.45, 7) is 7.45. The van der Waals surface area contributed by atoms with E-state index in [4.69, 9.17) is 4.74 Å². The highest BCUT2D eigenvalue weighted by Gasteiger charge is 2.16. The van der Waals surface area contributed by atoms with Crippen molar-refractivity contribution in [2.24, 2.45) is 0 Å². The zero-order chi connectivity index (χ0) is 13.7. The molecule has 0 aliphatic rings. The first-order valence-corrected chi connectivity index (χ1v) is 6.55. The fraction of sp³-hybridized carbons (Fsp3) is 0.600. The van der Waals surface area contributed by atoms with E-state index in [2.05, 4.69) is 43.5 Å². The van der Waals surface area contributed by atoms with Gasteiger partial charge in [0.25, 0.3) is 0 Å². The normalized spacial score (nSPS) is 12.8. The van der Waals surface area contributed by atoms with Crippen LogP contribution in [-0.2, 0) is 0 Å². The van der Waals surface area contributed by atoms with Crippen LogP contribution in [0.15, 0.2) is 12.1 Å². The van der Waals surface area contributed by atoms with Crippen LogP contribution in [0.1, 0.15) is 42.5 Å². The number of rotatable bonds is 6. The molecule has 1 unspecified atom stereocenters. The molecule has 3 heteroatoms. The first-order chi connectivity index (χ1) is 8.54. The molecular weight excluding hydrogens is 224 g/mol. The van der Waals surface area contributed by atoms with Gasteiger partial charge in [0.2, 0.25) is 0 Å². The number of hydrogen-bond acceptors (Lipinski definition) is 3. The number of hydrogen-bond donors (Lipinski definition) is 2. The lowest BCUT2D eigenvalue weighted by molar-refractivity contribution is 0.406. The van der Waals surface area contributed by atoms with Crippen molar-refractivity contribution in [3.8, 4) is 5.75 Å². The van der Waals surface area contributed by atoms with E-state index >= 15 is 0 Å². The molecule has 0 heterocycles. The molecule has 1 aromatic carbocycles. The number of aryl methyl sites for hydroxylation is 1. The number of nitrogens with one attached hydrogen (secondary N) is 2. The van der Waals surface area contributed by atoms with Crippen molar-refractivity contribution in [1.29, 1.82) is 0 Å². The predicted octanol–water partition coefficient (Wildman–Crippen LogP) is 2.61. The largest absolute Gasteiger partial charge is 0.496 e. The van der Waals surface area contributed by atoms with Crippen LogP contribution < -0.4 is 15.4 Å². The molecule has 18 heavy (non-hydrogen) atoms. The summed E-state index contributed by atoms with van der Waals surface area (Å²) in [6, 6.07) is 4.75. The van der Waals surface area contributed by atoms with Crippen molar-refractivity contribution in [2.45, 2.75) is 32.7 Å². The predicted molar refractivity (Wildman–Crippen MR) is 77.5 cm³/mol. The zero-order valence-electron chi connectivity index (χ0n) is 12.4. The van der Waals surface area contributed by atoms with Crippen LogP contribution in [0.5, 0.6) is 5.75 Å². The van der Waals surface area contributed by atoms with Crippen LogP contribution in [0.2, 0.25) is 0 Å². The van der Waals surface area contributed by atoms with Gasteiger partial charge in [-0.05, 0) is 55.8 Å². The average Bonchev–Trinajstić information content (AvgIpc) is 2.35. The standard InChI is InChI=1S/C15H26N2O/c1-10(2)12-8-13(14(17-5)9-16-4)11(3)7-15(12)18-6/h7-8,10,14,16-17H,9H2,1-6H3. The number of likely N-dealkylation sites (N-methyl/N-ethyl adjacent to an activating group) is 2. The van der Waals surface area contributed by atoms with Gasteiger partial charge in [-0.15, -0.1) is 0 Å². The monoisotopic (exact) mass is 250 g/mol. The molecule has 1 rings (SSSR count). The van der Waals surface area contributed by atoms with Gasteiger partial charge in [0.05, 0.1) is 7.11 Å². The zero-order valence-corrected chi connectivity index (χ0v) is 12.4. The summed E-state index contributed by atoms with van der Waals surface area (Å²) in [7, 11) is 5.72. The quantitative estimate of drug-likeness (QED) is 0.814. The van der Waals surface area contributed by atoms with Gasteiger partial charge in [0, 0.05) is 12.6 Å². The van der Waals surface area contributed by atoms with Gasteiger partial charge in [-0.3, -0.25) is 0 Å². The van der Waals surface area contributed by atoms with Gasteiger partial charge in [-0.25, -0.2) is 0 Å². The van der Waals surface area contributed by atoms with Crippen LogP contribution >= 0.6 is 0 Å². The lowest BCUT2D eigenvalue weighted by atomic mass is 9.93. The van der Waals surface area contributed by atoms with Crippen molar-refractivity contribution in [3.63, 3.8) is 0 Å². The maximum absolute atomic E-state index is 5.48. The summed E-state index contributed by atoms with van der Waals surface area (Å²) < 4.78 is 5.48. The molecule has 2 N–H and O–H groups in total. The Morgan fingerprint density at radius 2 is 1.83 bits per heavy atom. The highest BCUT2D eigenvalue weighted by molar-refractivity contribution is 5.45. The molecule has 0 radical (unpaired) electrons. The summed E-state index contributed by atoms with van der Waals surface area (Å²) >= 11 is 0. The summed E-state index contributed by atoms with van der Waals surface area (Å²) in [5.41, 5.74) is 3.89. The van der Waals surface area contributed by atoms with E-state index in [1.807, 2.05) is 14.1 Å². The highest BCUT2D eigenvalue weighted by atomic mass is 16.5. The molecule has 0 amide bonds. The fourth-order valence-corrected chi connectivity index (χ4v) is 2.29. The highest BCUT2D eigenvalue weighted by Crippen LogP contribution is 2.31. The van der Waals surface area contributed by atoms with Crippen molar-refractivity contribution in [2.75, 3.05) is 27.7 Å². The number of methoxy groups -OCH3 is 1. The Bertz CT molecular complexity index is 388. The summed E-state index contributed by atoms with van der Waals surface area (Å²) in [5.74, 6) is 1.46. The van der Waals surface area contributed by atoms with E-state index in [1.54, 1.807) is 7.11 Å². The Balaban J connectivity index is 3.23. The van der Waals surface area contributed by atoms with E-state index in [0.717, 1.165) is 12.3 Å². The second-order valence-electron chi connectivity index (χ2n) is 5.00. The van der Waals surface area contributed by atoms with Crippen LogP contribution in [0.4, 0.5) is 0 Å². The molecule has 0 aliphatic heterocycles. The lowest BCUT2D eigenvalue weighted by Gasteiger charge is -2.22. The Hall–Kier alpha value is -1.06. The maximum atomic E-state index is 5.48. The molecule has 102 valence electrons. The first kappa shape index (κ1) is 15.0. The van der Waals surface area contributed by atoms with Crippen LogP contribution in [-0.4, -0.2) is 27.7 Å². The van der Waals surface area contributed by atoms with Crippen LogP contribution in [0.3, 0.4) is 0 Å². The van der Waals surface area contributed by atoms with Crippen LogP contribution in [0, 0.1) is 6.92 Å². The van der Waals surface area contributed by atoms with Gasteiger partial charge in [-0.1, -0.05) is 13.8 Å². The molecule has 0 aliphatic carbocycles. The van der Waals surface area contributed by atoms with Gasteiger partial charge < -0.3 is 15.4 Å². The first-order valence-electron chi connectivity index (χ1n) is 6.55. The molecule has 0 fully saturated rings. The Morgan fingerprint density at radius 3 is 2.28 bits per heavy atom. The number of benzene rings is 1. The minimum Gasteiger partial charge on any atom is -0.496 e. The van der Waals surface area contributed by atoms with Crippen molar-refractivity contribution in [1.82, 2.24) is 10.6 Å². The number of ether oxygens (including phenoxy) is 1. The molecule has 1 atom stereocenters. The van der Waals surface area contributed by atoms with E-state index in [0.29, 0.717) is 12.0 Å². The Labute approximate surface area is 111 Å². The van der Waals surface area contributed by atoms with E-state index in [1.165, 1.54) is 16.7 Å². The molecular formula is C15H26N2O.